The molecule has 2 saturated heterocycles. The van der Waals surface area contributed by atoms with Gasteiger partial charge in [0.15, 0.2) is 0 Å². The standard InChI is InChI=1S/C55H71ClN8O6S/c1-34(37-17-19-38(20-18-37)46-35(2)58-33-71-46)59-49(68)44-28-41(65)31-64(44)50(69)47(53(3,4)5)60-45(66)32-63-26-24-62(25-27-63)23-11-10-12-36-13-15-39(16-14-36)48(67)61-51-54(6,7)52(55(51,8)9)70-42-22-21-40(30-57)43(56)29-42/h13-22,29,33-34,41,44,47,51-52,65H,10-12,23-28,31-32H2,1-9H3,(H,59,68)(H,60,66)(H,61,67)/t34-,41+,44?,47?,51-,52-/m0/s1. The van der Waals surface area contributed by atoms with Crippen molar-refractivity contribution in [2.75, 3.05) is 45.8 Å². The average molecular weight is 1010 g/mol. The van der Waals surface area contributed by atoms with Gasteiger partial charge in [-0.3, -0.25) is 24.1 Å². The van der Waals surface area contributed by atoms with E-state index >= 15 is 0 Å². The van der Waals surface area contributed by atoms with Gasteiger partial charge in [-0.05, 0) is 86.0 Å². The van der Waals surface area contributed by atoms with E-state index in [0.29, 0.717) is 21.9 Å². The van der Waals surface area contributed by atoms with Crippen LogP contribution in [0, 0.1) is 34.5 Å². The summed E-state index contributed by atoms with van der Waals surface area (Å²) in [6.45, 7) is 22.2. The predicted octanol–water partition coefficient (Wildman–Crippen LogP) is 7.57. The van der Waals surface area contributed by atoms with Crippen LogP contribution >= 0.6 is 22.9 Å². The van der Waals surface area contributed by atoms with Gasteiger partial charge in [0.25, 0.3) is 5.91 Å². The molecular weight excluding hydrogens is 936 g/mol. The Labute approximate surface area is 428 Å². The fourth-order valence-electron chi connectivity index (χ4n) is 10.9. The second-order valence-corrected chi connectivity index (χ2v) is 23.2. The first-order valence-electron chi connectivity index (χ1n) is 24.9. The lowest BCUT2D eigenvalue weighted by atomic mass is 9.49. The number of aromatic nitrogens is 1. The zero-order chi connectivity index (χ0) is 51.4. The largest absolute Gasteiger partial charge is 0.489 e. The van der Waals surface area contributed by atoms with Crippen molar-refractivity contribution in [3.05, 3.63) is 105 Å². The number of unbranched alkanes of at least 4 members (excludes halogenated alkanes) is 1. The summed E-state index contributed by atoms with van der Waals surface area (Å²) in [6, 6.07) is 20.8. The maximum absolute atomic E-state index is 14.2. The van der Waals surface area contributed by atoms with E-state index in [-0.39, 0.29) is 72.2 Å². The minimum absolute atomic E-state index is 0.0147. The van der Waals surface area contributed by atoms with Crippen molar-refractivity contribution < 1.29 is 29.0 Å². The number of nitrogens with zero attached hydrogens (tertiary/aromatic N) is 5. The molecule has 4 atom stereocenters. The van der Waals surface area contributed by atoms with Crippen molar-refractivity contribution in [2.24, 2.45) is 16.2 Å². The molecule has 1 aliphatic carbocycles. The first-order chi connectivity index (χ1) is 33.6. The number of aryl methyl sites for hydroxylation is 2. The van der Waals surface area contributed by atoms with Crippen molar-refractivity contribution in [3.8, 4) is 22.3 Å². The molecular formula is C55H71ClN8O6S. The van der Waals surface area contributed by atoms with Gasteiger partial charge < -0.3 is 35.6 Å². The van der Waals surface area contributed by atoms with Gasteiger partial charge in [-0.2, -0.15) is 5.26 Å². The fourth-order valence-corrected chi connectivity index (χ4v) is 11.9. The van der Waals surface area contributed by atoms with Crippen LogP contribution in [-0.4, -0.2) is 125 Å². The van der Waals surface area contributed by atoms with E-state index < -0.39 is 23.6 Å². The molecule has 4 aromatic rings. The second-order valence-electron chi connectivity index (χ2n) is 22.0. The molecule has 3 heterocycles. The smallest absolute Gasteiger partial charge is 0.251 e. The number of amides is 4. The second kappa shape index (κ2) is 22.2. The number of aliphatic hydroxyl groups is 1. The highest BCUT2D eigenvalue weighted by Crippen LogP contribution is 2.55. The van der Waals surface area contributed by atoms with Gasteiger partial charge in [-0.25, -0.2) is 4.98 Å². The molecule has 0 bridgehead atoms. The highest BCUT2D eigenvalue weighted by Gasteiger charge is 2.64. The van der Waals surface area contributed by atoms with E-state index in [2.05, 4.69) is 64.5 Å². The van der Waals surface area contributed by atoms with Crippen LogP contribution in [0.2, 0.25) is 5.02 Å². The lowest BCUT2D eigenvalue weighted by molar-refractivity contribution is -0.164. The summed E-state index contributed by atoms with van der Waals surface area (Å²) in [7, 11) is 0. The third-order valence-electron chi connectivity index (χ3n) is 14.7. The predicted molar refractivity (Wildman–Crippen MR) is 278 cm³/mol. The molecule has 7 rings (SSSR count). The number of aliphatic hydroxyl groups excluding tert-OH is 1. The number of carbonyl (C=O) groups excluding carboxylic acids is 4. The van der Waals surface area contributed by atoms with Crippen molar-refractivity contribution in [1.29, 1.82) is 5.26 Å². The van der Waals surface area contributed by atoms with Crippen LogP contribution in [-0.2, 0) is 20.8 Å². The van der Waals surface area contributed by atoms with E-state index in [4.69, 9.17) is 16.3 Å². The number of hydrogen-bond donors (Lipinski definition) is 4. The minimum Gasteiger partial charge on any atom is -0.489 e. The zero-order valence-corrected chi connectivity index (χ0v) is 44.3. The third-order valence-corrected chi connectivity index (χ3v) is 16.0. The Morgan fingerprint density at radius 2 is 1.61 bits per heavy atom. The summed E-state index contributed by atoms with van der Waals surface area (Å²) in [5, 5.41) is 29.6. The van der Waals surface area contributed by atoms with E-state index in [0.717, 1.165) is 73.7 Å². The number of rotatable bonds is 17. The number of halogens is 1. The number of nitriles is 1. The molecule has 2 unspecified atom stereocenters. The molecule has 3 aliphatic rings. The number of carbonyl (C=O) groups is 4. The number of ether oxygens (including phenoxy) is 1. The monoisotopic (exact) mass is 1010 g/mol. The quantitative estimate of drug-likeness (QED) is 0.0772. The number of thiazole rings is 1. The minimum atomic E-state index is -0.893. The molecule has 71 heavy (non-hydrogen) atoms. The lowest BCUT2D eigenvalue weighted by Gasteiger charge is -2.63. The fraction of sp³-hybridized carbons (Fsp3) is 0.527. The number of piperazine rings is 1. The zero-order valence-electron chi connectivity index (χ0n) is 42.7. The Kier molecular flexibility index (Phi) is 16.7. The van der Waals surface area contributed by atoms with E-state index in [9.17, 15) is 29.5 Å². The molecule has 0 spiro atoms. The molecule has 16 heteroatoms. The van der Waals surface area contributed by atoms with Crippen LogP contribution in [0.3, 0.4) is 0 Å². The van der Waals surface area contributed by atoms with Crippen molar-refractivity contribution >= 4 is 46.6 Å². The Hall–Kier alpha value is -5.37. The van der Waals surface area contributed by atoms with E-state index in [1.165, 1.54) is 10.5 Å². The summed E-state index contributed by atoms with van der Waals surface area (Å²) in [6.07, 6.45) is 2.01. The molecule has 1 aromatic heterocycles. The van der Waals surface area contributed by atoms with Crippen molar-refractivity contribution in [2.45, 2.75) is 124 Å². The highest BCUT2D eigenvalue weighted by atomic mass is 35.5. The summed E-state index contributed by atoms with van der Waals surface area (Å²) in [5.74, 6) is -0.492. The molecule has 0 radical (unpaired) electrons. The number of nitrogens with one attached hydrogen (secondary N) is 3. The summed E-state index contributed by atoms with van der Waals surface area (Å²) in [5.41, 5.74) is 5.59. The van der Waals surface area contributed by atoms with Crippen molar-refractivity contribution in [3.63, 3.8) is 0 Å². The molecule has 3 aromatic carbocycles. The Bertz CT molecular complexity index is 2560. The molecule has 3 fully saturated rings. The van der Waals surface area contributed by atoms with Crippen LogP contribution < -0.4 is 20.7 Å². The van der Waals surface area contributed by atoms with Crippen LogP contribution in [0.4, 0.5) is 0 Å². The van der Waals surface area contributed by atoms with Gasteiger partial charge in [0.05, 0.1) is 45.4 Å². The van der Waals surface area contributed by atoms with E-state index in [1.807, 2.05) is 88.7 Å². The summed E-state index contributed by atoms with van der Waals surface area (Å²) in [4.78, 5) is 66.4. The number of benzene rings is 3. The lowest BCUT2D eigenvalue weighted by Crippen LogP contribution is -2.74. The maximum atomic E-state index is 14.2. The van der Waals surface area contributed by atoms with Gasteiger partial charge >= 0.3 is 0 Å². The summed E-state index contributed by atoms with van der Waals surface area (Å²) >= 11 is 7.84. The maximum Gasteiger partial charge on any atom is 0.251 e. The normalized spacial score (nSPS) is 21.9. The SMILES string of the molecule is Cc1ncsc1-c1ccc([C@H](C)NC(=O)C2C[C@@H](O)CN2C(=O)C(NC(=O)CN2CCN(CCCCc3ccc(C(=O)N[C@H]4C(C)(C)[C@H](Oc5ccc(C#N)c(Cl)c5)C4(C)C)cc3)CC2)C(C)(C)C)cc1. The van der Waals surface area contributed by atoms with Crippen LogP contribution in [0.25, 0.3) is 10.4 Å². The summed E-state index contributed by atoms with van der Waals surface area (Å²) < 4.78 is 6.38. The third kappa shape index (κ3) is 12.5. The van der Waals surface area contributed by atoms with Crippen LogP contribution in [0.5, 0.6) is 5.75 Å². The van der Waals surface area contributed by atoms with Gasteiger partial charge in [0.2, 0.25) is 17.7 Å². The Morgan fingerprint density at radius 3 is 2.21 bits per heavy atom. The molecule has 14 nitrogen and oxygen atoms in total. The molecule has 2 aliphatic heterocycles. The number of β-amino-alcohol motifs (C(OH)–C–C–N with tert-alkyl or cyclic N) is 1. The highest BCUT2D eigenvalue weighted by molar-refractivity contribution is 7.13. The number of likely N-dealkylation sites (tertiary alicyclic amines) is 1. The molecule has 4 amide bonds. The average Bonchev–Trinajstić information content (AvgIpc) is 3.95. The number of hydrogen-bond acceptors (Lipinski definition) is 11. The van der Waals surface area contributed by atoms with Gasteiger partial charge in [-0.1, -0.05) is 96.5 Å². The van der Waals surface area contributed by atoms with Gasteiger partial charge in [-0.15, -0.1) is 11.3 Å². The Morgan fingerprint density at radius 1 is 0.944 bits per heavy atom. The first-order valence-corrected chi connectivity index (χ1v) is 26.1. The Balaban J connectivity index is 0.816. The van der Waals surface area contributed by atoms with Gasteiger partial charge in [0, 0.05) is 67.6 Å². The van der Waals surface area contributed by atoms with Crippen LogP contribution in [0.1, 0.15) is 113 Å². The first kappa shape index (κ1) is 53.4. The van der Waals surface area contributed by atoms with Crippen molar-refractivity contribution in [1.82, 2.24) is 35.6 Å². The van der Waals surface area contributed by atoms with Gasteiger partial charge in [0.1, 0.15) is 30.0 Å². The molecule has 1 saturated carbocycles. The molecule has 380 valence electrons. The van der Waals surface area contributed by atoms with Crippen LogP contribution in [0.15, 0.2) is 72.2 Å². The topological polar surface area (TPSA) is 180 Å². The molecule has 4 N–H and O–H groups in total. The van der Waals surface area contributed by atoms with E-state index in [1.54, 1.807) is 29.5 Å².